The first kappa shape index (κ1) is 16.0. The second-order valence-corrected chi connectivity index (χ2v) is 6.42. The lowest BCUT2D eigenvalue weighted by molar-refractivity contribution is -0.127. The van der Waals surface area contributed by atoms with Crippen LogP contribution >= 0.6 is 0 Å². The Hall–Kier alpha value is -2.53. The molecule has 2 aliphatic heterocycles. The van der Waals surface area contributed by atoms with Gasteiger partial charge in [-0.2, -0.15) is 0 Å². The fourth-order valence-corrected chi connectivity index (χ4v) is 3.54. The standard InChI is InChI=1S/C20H21NO4/c22-19(14-8-9-17-18(13-14)25-12-11-24-17)16-7-4-10-21(20(16)23)15-5-2-1-3-6-15/h1-3,5-6,8-9,13,16,19,22H,4,7,10-12H2/t16-,19-/m0/s1. The normalized spacial score (nSPS) is 21.1. The summed E-state index contributed by atoms with van der Waals surface area (Å²) >= 11 is 0. The third kappa shape index (κ3) is 3.07. The van der Waals surface area contributed by atoms with E-state index >= 15 is 0 Å². The molecule has 5 nitrogen and oxygen atoms in total. The van der Waals surface area contributed by atoms with E-state index in [1.165, 1.54) is 0 Å². The molecule has 1 fully saturated rings. The Bertz CT molecular complexity index is 762. The molecule has 0 spiro atoms. The van der Waals surface area contributed by atoms with Gasteiger partial charge in [0.15, 0.2) is 11.5 Å². The van der Waals surface area contributed by atoms with Gasteiger partial charge in [-0.25, -0.2) is 0 Å². The van der Waals surface area contributed by atoms with Gasteiger partial charge in [0.1, 0.15) is 13.2 Å². The molecule has 2 atom stereocenters. The number of hydrogen-bond donors (Lipinski definition) is 1. The summed E-state index contributed by atoms with van der Waals surface area (Å²) in [5.74, 6) is 0.838. The van der Waals surface area contributed by atoms with Gasteiger partial charge < -0.3 is 19.5 Å². The van der Waals surface area contributed by atoms with Crippen molar-refractivity contribution in [2.45, 2.75) is 18.9 Å². The molecule has 1 N–H and O–H groups in total. The first-order chi connectivity index (χ1) is 12.2. The number of nitrogens with zero attached hydrogens (tertiary/aromatic N) is 1. The molecule has 0 radical (unpaired) electrons. The zero-order valence-corrected chi connectivity index (χ0v) is 13.9. The van der Waals surface area contributed by atoms with E-state index < -0.39 is 12.0 Å². The minimum Gasteiger partial charge on any atom is -0.486 e. The van der Waals surface area contributed by atoms with Gasteiger partial charge in [0.25, 0.3) is 0 Å². The monoisotopic (exact) mass is 339 g/mol. The van der Waals surface area contributed by atoms with Gasteiger partial charge in [0.2, 0.25) is 5.91 Å². The second-order valence-electron chi connectivity index (χ2n) is 6.42. The van der Waals surface area contributed by atoms with E-state index in [0.717, 1.165) is 12.1 Å². The molecule has 2 aliphatic rings. The first-order valence-corrected chi connectivity index (χ1v) is 8.68. The quantitative estimate of drug-likeness (QED) is 0.934. The highest BCUT2D eigenvalue weighted by Gasteiger charge is 2.35. The Morgan fingerprint density at radius 2 is 1.80 bits per heavy atom. The number of ether oxygens (including phenoxy) is 2. The molecular weight excluding hydrogens is 318 g/mol. The number of benzene rings is 2. The molecule has 0 bridgehead atoms. The number of aliphatic hydroxyl groups is 1. The maximum Gasteiger partial charge on any atom is 0.233 e. The van der Waals surface area contributed by atoms with Crippen molar-refractivity contribution < 1.29 is 19.4 Å². The fraction of sp³-hybridized carbons (Fsp3) is 0.350. The number of fused-ring (bicyclic) bond motifs is 1. The lowest BCUT2D eigenvalue weighted by atomic mass is 9.87. The molecule has 2 aromatic rings. The zero-order valence-electron chi connectivity index (χ0n) is 13.9. The van der Waals surface area contributed by atoms with E-state index in [0.29, 0.717) is 43.2 Å². The van der Waals surface area contributed by atoms with Crippen LogP contribution in [0.15, 0.2) is 48.5 Å². The number of carbonyl (C=O) groups is 1. The topological polar surface area (TPSA) is 59.0 Å². The summed E-state index contributed by atoms with van der Waals surface area (Å²) in [4.78, 5) is 14.7. The second kappa shape index (κ2) is 6.76. The number of hydrogen-bond acceptors (Lipinski definition) is 4. The molecule has 25 heavy (non-hydrogen) atoms. The Balaban J connectivity index is 1.57. The van der Waals surface area contributed by atoms with Gasteiger partial charge in [-0.05, 0) is 42.7 Å². The Morgan fingerprint density at radius 1 is 1.04 bits per heavy atom. The number of anilines is 1. The van der Waals surface area contributed by atoms with Crippen LogP contribution in [0.1, 0.15) is 24.5 Å². The van der Waals surface area contributed by atoms with Crippen LogP contribution in [0.4, 0.5) is 5.69 Å². The minimum atomic E-state index is -0.852. The number of rotatable bonds is 3. The van der Waals surface area contributed by atoms with Crippen LogP contribution in [-0.4, -0.2) is 30.8 Å². The van der Waals surface area contributed by atoms with Crippen molar-refractivity contribution in [2.24, 2.45) is 5.92 Å². The summed E-state index contributed by atoms with van der Waals surface area (Å²) in [6.45, 7) is 1.71. The minimum absolute atomic E-state index is 0.0279. The van der Waals surface area contributed by atoms with Gasteiger partial charge >= 0.3 is 0 Å². The van der Waals surface area contributed by atoms with Crippen molar-refractivity contribution in [3.05, 3.63) is 54.1 Å². The number of amides is 1. The maximum atomic E-state index is 12.9. The highest BCUT2D eigenvalue weighted by atomic mass is 16.6. The molecule has 5 heteroatoms. The maximum absolute atomic E-state index is 12.9. The molecule has 1 saturated heterocycles. The van der Waals surface area contributed by atoms with Gasteiger partial charge in [0.05, 0.1) is 12.0 Å². The van der Waals surface area contributed by atoms with Crippen molar-refractivity contribution >= 4 is 11.6 Å². The van der Waals surface area contributed by atoms with Gasteiger partial charge in [-0.3, -0.25) is 4.79 Å². The number of piperidine rings is 1. The highest BCUT2D eigenvalue weighted by molar-refractivity contribution is 5.96. The molecule has 4 rings (SSSR count). The summed E-state index contributed by atoms with van der Waals surface area (Å²) in [7, 11) is 0. The van der Waals surface area contributed by atoms with Crippen molar-refractivity contribution in [1.82, 2.24) is 0 Å². The van der Waals surface area contributed by atoms with Gasteiger partial charge in [0, 0.05) is 12.2 Å². The molecular formula is C20H21NO4. The van der Waals surface area contributed by atoms with Crippen LogP contribution < -0.4 is 14.4 Å². The van der Waals surface area contributed by atoms with E-state index in [1.807, 2.05) is 36.4 Å². The number of para-hydroxylation sites is 1. The lowest BCUT2D eigenvalue weighted by Crippen LogP contribution is -2.43. The average Bonchev–Trinajstić information content (AvgIpc) is 2.68. The van der Waals surface area contributed by atoms with Crippen molar-refractivity contribution in [3.8, 4) is 11.5 Å². The van der Waals surface area contributed by atoms with Gasteiger partial charge in [-0.1, -0.05) is 24.3 Å². The van der Waals surface area contributed by atoms with Gasteiger partial charge in [-0.15, -0.1) is 0 Å². The van der Waals surface area contributed by atoms with Crippen molar-refractivity contribution in [2.75, 3.05) is 24.7 Å². The van der Waals surface area contributed by atoms with E-state index in [2.05, 4.69) is 0 Å². The third-order valence-corrected chi connectivity index (χ3v) is 4.84. The summed E-state index contributed by atoms with van der Waals surface area (Å²) in [6, 6.07) is 15.0. The largest absolute Gasteiger partial charge is 0.486 e. The number of aliphatic hydroxyl groups excluding tert-OH is 1. The van der Waals surface area contributed by atoms with Crippen molar-refractivity contribution in [1.29, 1.82) is 0 Å². The van der Waals surface area contributed by atoms with Crippen LogP contribution in [-0.2, 0) is 4.79 Å². The summed E-state index contributed by atoms with van der Waals surface area (Å²) in [6.07, 6.45) is 0.694. The van der Waals surface area contributed by atoms with E-state index in [4.69, 9.17) is 9.47 Å². The zero-order chi connectivity index (χ0) is 17.2. The predicted molar refractivity (Wildman–Crippen MR) is 93.9 cm³/mol. The Morgan fingerprint density at radius 3 is 2.60 bits per heavy atom. The summed E-state index contributed by atoms with van der Waals surface area (Å²) in [5, 5.41) is 10.8. The third-order valence-electron chi connectivity index (χ3n) is 4.84. The SMILES string of the molecule is O=C1[C@H]([C@@H](O)c2ccc3c(c2)OCCO3)CCCN1c1ccccc1. The van der Waals surface area contributed by atoms with Crippen molar-refractivity contribution in [3.63, 3.8) is 0 Å². The van der Waals surface area contributed by atoms with Crippen LogP contribution in [0.2, 0.25) is 0 Å². The number of carbonyl (C=O) groups excluding carboxylic acids is 1. The molecule has 0 aromatic heterocycles. The molecule has 130 valence electrons. The van der Waals surface area contributed by atoms with E-state index in [1.54, 1.807) is 17.0 Å². The average molecular weight is 339 g/mol. The Kier molecular flexibility index (Phi) is 4.32. The molecule has 0 saturated carbocycles. The molecule has 2 heterocycles. The fourth-order valence-electron chi connectivity index (χ4n) is 3.54. The van der Waals surface area contributed by atoms with Crippen LogP contribution in [0.3, 0.4) is 0 Å². The highest BCUT2D eigenvalue weighted by Crippen LogP contribution is 2.37. The summed E-state index contributed by atoms with van der Waals surface area (Å²) in [5.41, 5.74) is 1.57. The van der Waals surface area contributed by atoms with Crippen LogP contribution in [0, 0.1) is 5.92 Å². The smallest absolute Gasteiger partial charge is 0.233 e. The van der Waals surface area contributed by atoms with E-state index in [-0.39, 0.29) is 5.91 Å². The lowest BCUT2D eigenvalue weighted by Gasteiger charge is -2.34. The molecule has 0 aliphatic carbocycles. The molecule has 1 amide bonds. The molecule has 0 unspecified atom stereocenters. The van der Waals surface area contributed by atoms with Crippen LogP contribution in [0.5, 0.6) is 11.5 Å². The Labute approximate surface area is 146 Å². The summed E-state index contributed by atoms with van der Waals surface area (Å²) < 4.78 is 11.1. The van der Waals surface area contributed by atoms with Crippen LogP contribution in [0.25, 0.3) is 0 Å². The first-order valence-electron chi connectivity index (χ1n) is 8.68. The molecule has 2 aromatic carbocycles. The predicted octanol–water partition coefficient (Wildman–Crippen LogP) is 2.93. The van der Waals surface area contributed by atoms with E-state index in [9.17, 15) is 9.90 Å².